The molecule has 5 heteroatoms. The summed E-state index contributed by atoms with van der Waals surface area (Å²) in [6.45, 7) is 5.81. The van der Waals surface area contributed by atoms with E-state index in [1.54, 1.807) is 19.0 Å². The highest BCUT2D eigenvalue weighted by molar-refractivity contribution is 5.83. The molecule has 1 heterocycles. The van der Waals surface area contributed by atoms with Crippen molar-refractivity contribution in [2.75, 3.05) is 19.4 Å². The smallest absolute Gasteiger partial charge is 0.244 e. The van der Waals surface area contributed by atoms with Crippen LogP contribution in [0, 0.1) is 6.92 Å². The monoisotopic (exact) mass is 250 g/mol. The van der Waals surface area contributed by atoms with Gasteiger partial charge in [-0.1, -0.05) is 13.3 Å². The number of amides is 1. The van der Waals surface area contributed by atoms with Crippen LogP contribution in [0.4, 0.5) is 5.82 Å². The highest BCUT2D eigenvalue weighted by Gasteiger charge is 2.15. The minimum Gasteiger partial charge on any atom is -0.359 e. The van der Waals surface area contributed by atoms with Gasteiger partial charge in [0.1, 0.15) is 17.7 Å². The molecule has 0 saturated carbocycles. The maximum Gasteiger partial charge on any atom is 0.244 e. The van der Waals surface area contributed by atoms with Gasteiger partial charge in [-0.05, 0) is 20.3 Å². The van der Waals surface area contributed by atoms with E-state index in [9.17, 15) is 4.79 Å². The number of nitrogens with one attached hydrogen (secondary N) is 1. The summed E-state index contributed by atoms with van der Waals surface area (Å²) in [6, 6.07) is 1.62. The molecule has 1 aromatic rings. The summed E-state index contributed by atoms with van der Waals surface area (Å²) in [4.78, 5) is 22.0. The first kappa shape index (κ1) is 14.4. The number of rotatable bonds is 5. The number of carbonyl (C=O) groups is 1. The van der Waals surface area contributed by atoms with E-state index in [1.165, 1.54) is 0 Å². The minimum atomic E-state index is -0.288. The van der Waals surface area contributed by atoms with Gasteiger partial charge in [-0.3, -0.25) is 4.79 Å². The molecule has 100 valence electrons. The second kappa shape index (κ2) is 6.33. The molecule has 0 saturated heterocycles. The molecule has 1 amide bonds. The highest BCUT2D eigenvalue weighted by atomic mass is 16.2. The summed E-state index contributed by atoms with van der Waals surface area (Å²) in [6.07, 6.45) is 1.97. The number of hydrogen-bond acceptors (Lipinski definition) is 4. The summed E-state index contributed by atoms with van der Waals surface area (Å²) >= 11 is 0. The summed E-state index contributed by atoms with van der Waals surface area (Å²) < 4.78 is 0. The van der Waals surface area contributed by atoms with Crippen molar-refractivity contribution in [2.24, 2.45) is 0 Å². The Morgan fingerprint density at radius 1 is 1.44 bits per heavy atom. The van der Waals surface area contributed by atoms with Crippen LogP contribution in [0.5, 0.6) is 0 Å². The lowest BCUT2D eigenvalue weighted by Crippen LogP contribution is -2.36. The van der Waals surface area contributed by atoms with E-state index < -0.39 is 0 Å². The first-order chi connectivity index (χ1) is 8.43. The topological polar surface area (TPSA) is 58.1 Å². The van der Waals surface area contributed by atoms with Crippen molar-refractivity contribution >= 4 is 11.7 Å². The van der Waals surface area contributed by atoms with Gasteiger partial charge in [0.25, 0.3) is 0 Å². The molecule has 0 radical (unpaired) electrons. The fourth-order valence-corrected chi connectivity index (χ4v) is 1.76. The Labute approximate surface area is 109 Å². The normalized spacial score (nSPS) is 12.1. The Morgan fingerprint density at radius 2 is 2.11 bits per heavy atom. The largest absolute Gasteiger partial charge is 0.359 e. The zero-order valence-electron chi connectivity index (χ0n) is 11.8. The third kappa shape index (κ3) is 3.98. The van der Waals surface area contributed by atoms with Crippen molar-refractivity contribution in [3.05, 3.63) is 17.6 Å². The zero-order chi connectivity index (χ0) is 13.7. The Bertz CT molecular complexity index is 417. The molecule has 0 unspecified atom stereocenters. The first-order valence-electron chi connectivity index (χ1n) is 6.26. The van der Waals surface area contributed by atoms with E-state index in [2.05, 4.69) is 22.2 Å². The second-order valence-corrected chi connectivity index (χ2v) is 4.64. The molecule has 5 nitrogen and oxygen atoms in total. The molecule has 1 N–H and O–H groups in total. The van der Waals surface area contributed by atoms with Crippen LogP contribution in [-0.2, 0) is 11.2 Å². The van der Waals surface area contributed by atoms with E-state index in [4.69, 9.17) is 0 Å². The van der Waals surface area contributed by atoms with Crippen molar-refractivity contribution in [1.29, 1.82) is 0 Å². The van der Waals surface area contributed by atoms with Crippen molar-refractivity contribution < 1.29 is 4.79 Å². The molecule has 0 spiro atoms. The number of carbonyl (C=O) groups excluding carboxylic acids is 1. The van der Waals surface area contributed by atoms with Crippen LogP contribution in [-0.4, -0.2) is 40.9 Å². The number of likely N-dealkylation sites (N-methyl/N-ethyl adjacent to an activating group) is 1. The highest BCUT2D eigenvalue weighted by Crippen LogP contribution is 2.10. The summed E-state index contributed by atoms with van der Waals surface area (Å²) in [7, 11) is 3.49. The Balaban J connectivity index is 2.80. The predicted molar refractivity (Wildman–Crippen MR) is 72.5 cm³/mol. The zero-order valence-corrected chi connectivity index (χ0v) is 11.8. The quantitative estimate of drug-likeness (QED) is 0.863. The Kier molecular flexibility index (Phi) is 5.07. The van der Waals surface area contributed by atoms with Gasteiger partial charge in [0, 0.05) is 25.9 Å². The molecule has 1 atom stereocenters. The SMILES string of the molecule is CCCc1cc(N[C@H](C)C(=O)N(C)C)nc(C)n1. The maximum absolute atomic E-state index is 11.8. The molecule has 1 rings (SSSR count). The lowest BCUT2D eigenvalue weighted by atomic mass is 10.2. The average molecular weight is 250 g/mol. The number of anilines is 1. The van der Waals surface area contributed by atoms with Crippen LogP contribution in [0.1, 0.15) is 31.8 Å². The Hall–Kier alpha value is -1.65. The van der Waals surface area contributed by atoms with E-state index in [-0.39, 0.29) is 11.9 Å². The van der Waals surface area contributed by atoms with E-state index in [0.29, 0.717) is 5.82 Å². The summed E-state index contributed by atoms with van der Waals surface area (Å²) in [5.41, 5.74) is 1.01. The molecule has 0 aromatic carbocycles. The summed E-state index contributed by atoms with van der Waals surface area (Å²) in [5.74, 6) is 1.48. The van der Waals surface area contributed by atoms with Gasteiger partial charge in [-0.25, -0.2) is 9.97 Å². The lowest BCUT2D eigenvalue weighted by molar-refractivity contribution is -0.129. The third-order valence-electron chi connectivity index (χ3n) is 2.57. The van der Waals surface area contributed by atoms with Gasteiger partial charge < -0.3 is 10.2 Å². The van der Waals surface area contributed by atoms with Crippen LogP contribution < -0.4 is 5.32 Å². The number of hydrogen-bond donors (Lipinski definition) is 1. The maximum atomic E-state index is 11.8. The van der Waals surface area contributed by atoms with Gasteiger partial charge in [0.2, 0.25) is 5.91 Å². The Morgan fingerprint density at radius 3 is 2.67 bits per heavy atom. The van der Waals surface area contributed by atoms with Crippen LogP contribution in [0.2, 0.25) is 0 Å². The number of nitrogens with zero attached hydrogens (tertiary/aromatic N) is 3. The van der Waals surface area contributed by atoms with Gasteiger partial charge >= 0.3 is 0 Å². The molecular weight excluding hydrogens is 228 g/mol. The minimum absolute atomic E-state index is 0.0308. The summed E-state index contributed by atoms with van der Waals surface area (Å²) in [5, 5.41) is 3.12. The van der Waals surface area contributed by atoms with Crippen molar-refractivity contribution in [1.82, 2.24) is 14.9 Å². The molecule has 0 bridgehead atoms. The van der Waals surface area contributed by atoms with Gasteiger partial charge in [0.15, 0.2) is 0 Å². The van der Waals surface area contributed by atoms with Crippen molar-refractivity contribution in [3.63, 3.8) is 0 Å². The van der Waals surface area contributed by atoms with E-state index >= 15 is 0 Å². The molecule has 0 aliphatic carbocycles. The van der Waals surface area contributed by atoms with Gasteiger partial charge in [-0.2, -0.15) is 0 Å². The fourth-order valence-electron chi connectivity index (χ4n) is 1.76. The average Bonchev–Trinajstić information content (AvgIpc) is 2.27. The molecular formula is C13H22N4O. The van der Waals surface area contributed by atoms with E-state index in [1.807, 2.05) is 19.9 Å². The fraction of sp³-hybridized carbons (Fsp3) is 0.615. The van der Waals surface area contributed by atoms with Crippen LogP contribution in [0.3, 0.4) is 0 Å². The lowest BCUT2D eigenvalue weighted by Gasteiger charge is -2.18. The first-order valence-corrected chi connectivity index (χ1v) is 6.26. The van der Waals surface area contributed by atoms with Gasteiger partial charge in [-0.15, -0.1) is 0 Å². The molecule has 1 aromatic heterocycles. The van der Waals surface area contributed by atoms with Crippen molar-refractivity contribution in [2.45, 2.75) is 39.7 Å². The third-order valence-corrected chi connectivity index (χ3v) is 2.57. The number of aryl methyl sites for hydroxylation is 2. The molecule has 0 aliphatic heterocycles. The number of aromatic nitrogens is 2. The molecule has 0 aliphatic rings. The molecule has 18 heavy (non-hydrogen) atoms. The second-order valence-electron chi connectivity index (χ2n) is 4.64. The van der Waals surface area contributed by atoms with Crippen molar-refractivity contribution in [3.8, 4) is 0 Å². The molecule has 0 fully saturated rings. The standard InChI is InChI=1S/C13H22N4O/c1-6-7-11-8-12(16-10(3)15-11)14-9(2)13(18)17(4)5/h8-9H,6-7H2,1-5H3,(H,14,15,16)/t9-/m1/s1. The van der Waals surface area contributed by atoms with Crippen LogP contribution in [0.15, 0.2) is 6.07 Å². The van der Waals surface area contributed by atoms with E-state index in [0.717, 1.165) is 24.4 Å². The van der Waals surface area contributed by atoms with Crippen LogP contribution in [0.25, 0.3) is 0 Å². The van der Waals surface area contributed by atoms with Gasteiger partial charge in [0.05, 0.1) is 0 Å². The predicted octanol–water partition coefficient (Wildman–Crippen LogP) is 1.63. The van der Waals surface area contributed by atoms with Crippen LogP contribution >= 0.6 is 0 Å².